The van der Waals surface area contributed by atoms with E-state index in [0.717, 1.165) is 0 Å². The van der Waals surface area contributed by atoms with Crippen LogP contribution in [0.4, 0.5) is 10.5 Å². The Bertz CT molecular complexity index is 452. The van der Waals surface area contributed by atoms with E-state index in [1.54, 1.807) is 20.8 Å². The molecule has 1 aromatic rings. The zero-order chi connectivity index (χ0) is 13.8. The van der Waals surface area contributed by atoms with E-state index in [1.165, 1.54) is 19.4 Å². The number of aldehydes is 1. The molecule has 0 aliphatic heterocycles. The van der Waals surface area contributed by atoms with E-state index in [1.807, 2.05) is 0 Å². The van der Waals surface area contributed by atoms with Gasteiger partial charge in [0.1, 0.15) is 5.60 Å². The van der Waals surface area contributed by atoms with Crippen LogP contribution in [0.3, 0.4) is 0 Å². The number of pyridine rings is 1. The van der Waals surface area contributed by atoms with Crippen molar-refractivity contribution in [2.24, 2.45) is 0 Å². The fourth-order valence-electron chi connectivity index (χ4n) is 1.18. The Hall–Kier alpha value is -2.11. The Labute approximate surface area is 105 Å². The van der Waals surface area contributed by atoms with Gasteiger partial charge in [0.05, 0.1) is 19.0 Å². The third kappa shape index (κ3) is 4.04. The topological polar surface area (TPSA) is 77.5 Å². The van der Waals surface area contributed by atoms with Crippen LogP contribution in [0.2, 0.25) is 0 Å². The van der Waals surface area contributed by atoms with Gasteiger partial charge in [-0.05, 0) is 20.8 Å². The average Bonchev–Trinajstić information content (AvgIpc) is 2.27. The Kier molecular flexibility index (Phi) is 4.25. The molecule has 1 amide bonds. The molecule has 6 heteroatoms. The predicted octanol–water partition coefficient (Wildman–Crippen LogP) is 2.25. The molecule has 0 aromatic carbocycles. The highest BCUT2D eigenvalue weighted by Gasteiger charge is 2.17. The summed E-state index contributed by atoms with van der Waals surface area (Å²) in [4.78, 5) is 26.3. The third-order valence-corrected chi connectivity index (χ3v) is 1.88. The molecule has 1 heterocycles. The summed E-state index contributed by atoms with van der Waals surface area (Å²) in [6.07, 6.45) is 1.31. The summed E-state index contributed by atoms with van der Waals surface area (Å²) in [7, 11) is 1.44. The zero-order valence-electron chi connectivity index (χ0n) is 10.8. The van der Waals surface area contributed by atoms with Crippen molar-refractivity contribution in [3.8, 4) is 5.88 Å². The summed E-state index contributed by atoms with van der Waals surface area (Å²) >= 11 is 0. The van der Waals surface area contributed by atoms with Crippen molar-refractivity contribution in [2.75, 3.05) is 12.4 Å². The molecule has 1 N–H and O–H groups in total. The van der Waals surface area contributed by atoms with Gasteiger partial charge in [-0.3, -0.25) is 10.1 Å². The number of methoxy groups -OCH3 is 1. The average molecular weight is 252 g/mol. The maximum Gasteiger partial charge on any atom is 0.412 e. The second-order valence-electron chi connectivity index (χ2n) is 4.56. The fraction of sp³-hybridized carbons (Fsp3) is 0.417. The molecule has 1 aromatic heterocycles. The van der Waals surface area contributed by atoms with E-state index < -0.39 is 11.7 Å². The van der Waals surface area contributed by atoms with Gasteiger partial charge in [0.25, 0.3) is 0 Å². The standard InChI is InChI=1S/C12H16N2O4/c1-12(2,3)18-11(16)14-9-6-13-10(17-4)5-8(9)7-15/h5-7H,1-4H3,(H,14,16). The van der Waals surface area contributed by atoms with Crippen LogP contribution in [-0.2, 0) is 4.74 Å². The number of nitrogens with zero attached hydrogens (tertiary/aromatic N) is 1. The molecule has 0 saturated heterocycles. The molecule has 0 aliphatic carbocycles. The second kappa shape index (κ2) is 5.48. The molecule has 18 heavy (non-hydrogen) atoms. The summed E-state index contributed by atoms with van der Waals surface area (Å²) in [6, 6.07) is 1.43. The van der Waals surface area contributed by atoms with Crippen molar-refractivity contribution < 1.29 is 19.1 Å². The number of hydrogen-bond donors (Lipinski definition) is 1. The molecule has 0 aliphatic rings. The number of carbonyl (C=O) groups is 2. The van der Waals surface area contributed by atoms with Gasteiger partial charge >= 0.3 is 6.09 Å². The van der Waals surface area contributed by atoms with Crippen molar-refractivity contribution in [3.05, 3.63) is 17.8 Å². The van der Waals surface area contributed by atoms with Gasteiger partial charge in [0.2, 0.25) is 5.88 Å². The lowest BCUT2D eigenvalue weighted by Gasteiger charge is -2.20. The highest BCUT2D eigenvalue weighted by molar-refractivity contribution is 5.93. The third-order valence-electron chi connectivity index (χ3n) is 1.88. The first-order valence-electron chi connectivity index (χ1n) is 5.35. The normalized spacial score (nSPS) is 10.7. The van der Waals surface area contributed by atoms with Crippen LogP contribution in [-0.4, -0.2) is 30.1 Å². The highest BCUT2D eigenvalue weighted by atomic mass is 16.6. The Morgan fingerprint density at radius 1 is 1.44 bits per heavy atom. The number of nitrogens with one attached hydrogen (secondary N) is 1. The van der Waals surface area contributed by atoms with Crippen LogP contribution in [0.15, 0.2) is 12.3 Å². The van der Waals surface area contributed by atoms with Crippen molar-refractivity contribution in [1.29, 1.82) is 0 Å². The SMILES string of the molecule is COc1cc(C=O)c(NC(=O)OC(C)(C)C)cn1. The lowest BCUT2D eigenvalue weighted by Crippen LogP contribution is -2.27. The zero-order valence-corrected chi connectivity index (χ0v) is 10.8. The Morgan fingerprint density at radius 2 is 2.11 bits per heavy atom. The van der Waals surface area contributed by atoms with Crippen LogP contribution in [0, 0.1) is 0 Å². The molecule has 0 fully saturated rings. The number of rotatable bonds is 3. The van der Waals surface area contributed by atoms with Crippen LogP contribution in [0.5, 0.6) is 5.88 Å². The first-order chi connectivity index (χ1) is 8.35. The number of ether oxygens (including phenoxy) is 2. The van der Waals surface area contributed by atoms with Crippen LogP contribution < -0.4 is 10.1 Å². The van der Waals surface area contributed by atoms with Gasteiger partial charge in [-0.25, -0.2) is 9.78 Å². The molecule has 6 nitrogen and oxygen atoms in total. The smallest absolute Gasteiger partial charge is 0.412 e. The number of carbonyl (C=O) groups excluding carboxylic acids is 2. The minimum Gasteiger partial charge on any atom is -0.481 e. The van der Waals surface area contributed by atoms with Crippen LogP contribution in [0.25, 0.3) is 0 Å². The summed E-state index contributed by atoms with van der Waals surface area (Å²) in [6.45, 7) is 5.25. The summed E-state index contributed by atoms with van der Waals surface area (Å²) in [5, 5.41) is 2.46. The van der Waals surface area contributed by atoms with Gasteiger partial charge in [0, 0.05) is 11.6 Å². The van der Waals surface area contributed by atoms with Gasteiger partial charge in [-0.1, -0.05) is 0 Å². The molecule has 1 rings (SSSR count). The molecular formula is C12H16N2O4. The van der Waals surface area contributed by atoms with E-state index in [0.29, 0.717) is 12.2 Å². The number of aromatic nitrogens is 1. The van der Waals surface area contributed by atoms with Gasteiger partial charge in [-0.2, -0.15) is 0 Å². The molecule has 0 saturated carbocycles. The van der Waals surface area contributed by atoms with Crippen molar-refractivity contribution >= 4 is 18.1 Å². The number of hydrogen-bond acceptors (Lipinski definition) is 5. The Balaban J connectivity index is 2.84. The van der Waals surface area contributed by atoms with Crippen LogP contribution >= 0.6 is 0 Å². The summed E-state index contributed by atoms with van der Waals surface area (Å²) in [5.41, 5.74) is -0.0570. The second-order valence-corrected chi connectivity index (χ2v) is 4.56. The summed E-state index contributed by atoms with van der Waals surface area (Å²) < 4.78 is 9.96. The first kappa shape index (κ1) is 14.0. The maximum atomic E-state index is 11.5. The minimum absolute atomic E-state index is 0.271. The molecule has 0 spiro atoms. The van der Waals surface area contributed by atoms with Crippen molar-refractivity contribution in [3.63, 3.8) is 0 Å². The fourth-order valence-corrected chi connectivity index (χ4v) is 1.18. The largest absolute Gasteiger partial charge is 0.481 e. The van der Waals surface area contributed by atoms with Crippen molar-refractivity contribution in [1.82, 2.24) is 4.98 Å². The maximum absolute atomic E-state index is 11.5. The summed E-state index contributed by atoms with van der Waals surface area (Å²) in [5.74, 6) is 0.298. The van der Waals surface area contributed by atoms with Gasteiger partial charge < -0.3 is 9.47 Å². The van der Waals surface area contributed by atoms with E-state index in [9.17, 15) is 9.59 Å². The first-order valence-corrected chi connectivity index (χ1v) is 5.35. The van der Waals surface area contributed by atoms with Gasteiger partial charge in [0.15, 0.2) is 6.29 Å². The van der Waals surface area contributed by atoms with E-state index >= 15 is 0 Å². The van der Waals surface area contributed by atoms with Gasteiger partial charge in [-0.15, -0.1) is 0 Å². The van der Waals surface area contributed by atoms with Crippen molar-refractivity contribution in [2.45, 2.75) is 26.4 Å². The predicted molar refractivity (Wildman–Crippen MR) is 66.0 cm³/mol. The minimum atomic E-state index is -0.641. The lowest BCUT2D eigenvalue weighted by atomic mass is 10.2. The number of amides is 1. The van der Waals surface area contributed by atoms with E-state index in [-0.39, 0.29) is 11.3 Å². The highest BCUT2D eigenvalue weighted by Crippen LogP contribution is 2.18. The molecule has 98 valence electrons. The van der Waals surface area contributed by atoms with E-state index in [2.05, 4.69) is 10.3 Å². The van der Waals surface area contributed by atoms with E-state index in [4.69, 9.17) is 9.47 Å². The molecule has 0 radical (unpaired) electrons. The lowest BCUT2D eigenvalue weighted by molar-refractivity contribution is 0.0636. The number of anilines is 1. The molecule has 0 atom stereocenters. The molecular weight excluding hydrogens is 236 g/mol. The quantitative estimate of drug-likeness (QED) is 0.835. The van der Waals surface area contributed by atoms with Crippen LogP contribution in [0.1, 0.15) is 31.1 Å². The monoisotopic (exact) mass is 252 g/mol. The Morgan fingerprint density at radius 3 is 2.61 bits per heavy atom. The molecule has 0 bridgehead atoms. The molecule has 0 unspecified atom stereocenters.